The van der Waals surface area contributed by atoms with Crippen molar-refractivity contribution in [2.45, 2.75) is 19.8 Å². The lowest BCUT2D eigenvalue weighted by molar-refractivity contribution is 0.0953. The van der Waals surface area contributed by atoms with E-state index in [-0.39, 0.29) is 5.78 Å². The Kier molecular flexibility index (Phi) is 3.84. The molecule has 150 valence electrons. The molecule has 0 unspecified atom stereocenters. The first-order valence-corrected chi connectivity index (χ1v) is 9.90. The zero-order valence-corrected chi connectivity index (χ0v) is 17.3. The average Bonchev–Trinajstić information content (AvgIpc) is 3.03. The summed E-state index contributed by atoms with van der Waals surface area (Å²) in [5.41, 5.74) is 4.70. The molecule has 0 amide bonds. The molecule has 6 heteroatoms. The van der Waals surface area contributed by atoms with Crippen molar-refractivity contribution in [3.05, 3.63) is 96.7 Å². The maximum absolute atomic E-state index is 13.5. The van der Waals surface area contributed by atoms with Gasteiger partial charge in [-0.3, -0.25) is 18.7 Å². The van der Waals surface area contributed by atoms with Gasteiger partial charge in [0.1, 0.15) is 5.82 Å². The van der Waals surface area contributed by atoms with Crippen LogP contribution in [-0.2, 0) is 14.1 Å². The number of rotatable bonds is 1. The zero-order chi connectivity index (χ0) is 21.3. The highest BCUT2D eigenvalue weighted by molar-refractivity contribution is 6.30. The lowest BCUT2D eigenvalue weighted by Gasteiger charge is -2.30. The van der Waals surface area contributed by atoms with E-state index in [0.29, 0.717) is 22.7 Å². The summed E-state index contributed by atoms with van der Waals surface area (Å²) in [4.78, 5) is 44.0. The highest BCUT2D eigenvalue weighted by Crippen LogP contribution is 2.46. The first-order valence-electron chi connectivity index (χ1n) is 9.90. The first-order chi connectivity index (χ1) is 14.3. The van der Waals surface area contributed by atoms with Crippen molar-refractivity contribution in [2.24, 2.45) is 25.0 Å². The molecule has 3 aromatic rings. The Hall–Kier alpha value is -3.54. The summed E-state index contributed by atoms with van der Waals surface area (Å²) < 4.78 is 2.50. The number of aliphatic imine (C=N–C) groups is 1. The molecule has 0 saturated heterocycles. The van der Waals surface area contributed by atoms with Gasteiger partial charge in [0.05, 0.1) is 17.2 Å². The minimum Gasteiger partial charge on any atom is -0.293 e. The second-order valence-electron chi connectivity index (χ2n) is 8.15. The largest absolute Gasteiger partial charge is 0.332 e. The molecule has 1 aromatic heterocycles. The number of carbonyl (C=O) groups excluding carboxylic acids is 1. The Balaban J connectivity index is 1.91. The van der Waals surface area contributed by atoms with Crippen molar-refractivity contribution < 1.29 is 4.79 Å². The molecule has 0 radical (unpaired) electrons. The maximum Gasteiger partial charge on any atom is 0.332 e. The van der Waals surface area contributed by atoms with Crippen LogP contribution in [0.3, 0.4) is 0 Å². The molecular formula is C24H21N3O3. The molecule has 1 aliphatic carbocycles. The number of Topliss-reactive ketones (excluding diaryl/α,β-unsaturated/α-hetero) is 1. The fraction of sp³-hybridized carbons (Fsp3) is 0.250. The number of hydrogen-bond acceptors (Lipinski definition) is 4. The molecule has 2 aliphatic rings. The van der Waals surface area contributed by atoms with Gasteiger partial charge in [0.2, 0.25) is 0 Å². The van der Waals surface area contributed by atoms with Crippen LogP contribution in [0.1, 0.15) is 44.1 Å². The van der Waals surface area contributed by atoms with Gasteiger partial charge in [-0.2, -0.15) is 0 Å². The summed E-state index contributed by atoms with van der Waals surface area (Å²) in [5, 5.41) is 0. The van der Waals surface area contributed by atoms with Crippen LogP contribution in [-0.4, -0.2) is 20.6 Å². The topological polar surface area (TPSA) is 73.4 Å². The van der Waals surface area contributed by atoms with Gasteiger partial charge < -0.3 is 0 Å². The molecule has 1 aliphatic heterocycles. The number of fused-ring (bicyclic) bond motifs is 4. The van der Waals surface area contributed by atoms with Crippen molar-refractivity contribution in [1.82, 2.24) is 9.13 Å². The van der Waals surface area contributed by atoms with E-state index in [9.17, 15) is 14.4 Å². The lowest BCUT2D eigenvalue weighted by Crippen LogP contribution is -2.43. The monoisotopic (exact) mass is 399 g/mol. The molecule has 0 spiro atoms. The first kappa shape index (κ1) is 18.5. The summed E-state index contributed by atoms with van der Waals surface area (Å²) in [5.74, 6) is -0.782. The summed E-state index contributed by atoms with van der Waals surface area (Å²) in [6, 6.07) is 13.4. The highest BCUT2D eigenvalue weighted by Gasteiger charge is 2.47. The minimum absolute atomic E-state index is 0.0332. The number of nitrogens with zero attached hydrogens (tertiary/aromatic N) is 3. The Morgan fingerprint density at radius 2 is 1.53 bits per heavy atom. The average molecular weight is 399 g/mol. The fourth-order valence-electron chi connectivity index (χ4n) is 4.68. The van der Waals surface area contributed by atoms with Gasteiger partial charge in [0.25, 0.3) is 5.56 Å². The molecule has 2 atom stereocenters. The highest BCUT2D eigenvalue weighted by atomic mass is 16.2. The molecule has 0 N–H and O–H groups in total. The van der Waals surface area contributed by atoms with Crippen molar-refractivity contribution >= 4 is 17.3 Å². The van der Waals surface area contributed by atoms with Crippen LogP contribution < -0.4 is 11.2 Å². The van der Waals surface area contributed by atoms with E-state index in [4.69, 9.17) is 4.99 Å². The number of carbonyl (C=O) groups is 1. The number of benzene rings is 2. The molecule has 5 rings (SSSR count). The third-order valence-electron chi connectivity index (χ3n) is 6.47. The Labute approximate surface area is 173 Å². The normalized spacial score (nSPS) is 19.2. The molecule has 6 nitrogen and oxygen atoms in total. The van der Waals surface area contributed by atoms with Gasteiger partial charge in [0, 0.05) is 31.1 Å². The molecule has 2 heterocycles. The van der Waals surface area contributed by atoms with Gasteiger partial charge in [-0.15, -0.1) is 0 Å². The van der Waals surface area contributed by atoms with Crippen molar-refractivity contribution in [1.29, 1.82) is 0 Å². The van der Waals surface area contributed by atoms with Crippen LogP contribution in [0.25, 0.3) is 0 Å². The quantitative estimate of drug-likeness (QED) is 0.632. The van der Waals surface area contributed by atoms with Crippen molar-refractivity contribution in [3.63, 3.8) is 0 Å². The second-order valence-corrected chi connectivity index (χ2v) is 8.15. The van der Waals surface area contributed by atoms with Crippen molar-refractivity contribution in [2.75, 3.05) is 0 Å². The third-order valence-corrected chi connectivity index (χ3v) is 6.47. The predicted molar refractivity (Wildman–Crippen MR) is 115 cm³/mol. The number of ketones is 1. The minimum atomic E-state index is -0.581. The predicted octanol–water partition coefficient (Wildman–Crippen LogP) is 2.78. The van der Waals surface area contributed by atoms with E-state index in [1.165, 1.54) is 11.6 Å². The summed E-state index contributed by atoms with van der Waals surface area (Å²) in [6.07, 6.45) is 0. The maximum atomic E-state index is 13.5. The second kappa shape index (κ2) is 6.23. The summed E-state index contributed by atoms with van der Waals surface area (Å²) in [7, 11) is 3.08. The van der Waals surface area contributed by atoms with Crippen LogP contribution in [0.5, 0.6) is 0 Å². The van der Waals surface area contributed by atoms with Gasteiger partial charge in [-0.1, -0.05) is 42.5 Å². The summed E-state index contributed by atoms with van der Waals surface area (Å²) >= 11 is 0. The van der Waals surface area contributed by atoms with Crippen LogP contribution in [0.15, 0.2) is 57.0 Å². The molecular weight excluding hydrogens is 378 g/mol. The molecule has 2 aromatic carbocycles. The fourth-order valence-corrected chi connectivity index (χ4v) is 4.68. The van der Waals surface area contributed by atoms with E-state index < -0.39 is 23.1 Å². The number of aryl methyl sites for hydroxylation is 2. The van der Waals surface area contributed by atoms with E-state index in [1.54, 1.807) is 13.1 Å². The van der Waals surface area contributed by atoms with Crippen LogP contribution >= 0.6 is 0 Å². The third kappa shape index (κ3) is 2.30. The standard InChI is InChI=1S/C24H21N3O3/c1-12-9-10-14(11-13(12)2)17-18-20(15-7-5-6-8-16(15)21(18)28)25-22-19(17)23(29)27(4)24(30)26(22)3/h5-11,17-18H,1-4H3/t17-,18-/m0/s1. The Morgan fingerprint density at radius 1 is 0.833 bits per heavy atom. The lowest BCUT2D eigenvalue weighted by atomic mass is 9.76. The van der Waals surface area contributed by atoms with E-state index in [2.05, 4.69) is 0 Å². The van der Waals surface area contributed by atoms with Gasteiger partial charge in [-0.25, -0.2) is 9.79 Å². The van der Waals surface area contributed by atoms with Gasteiger partial charge >= 0.3 is 5.69 Å². The molecule has 0 saturated carbocycles. The Morgan fingerprint density at radius 3 is 2.23 bits per heavy atom. The Bertz CT molecular complexity index is 1410. The summed E-state index contributed by atoms with van der Waals surface area (Å²) in [6.45, 7) is 4.04. The zero-order valence-electron chi connectivity index (χ0n) is 17.3. The van der Waals surface area contributed by atoms with Crippen LogP contribution in [0.4, 0.5) is 5.82 Å². The number of hydrogen-bond donors (Lipinski definition) is 0. The van der Waals surface area contributed by atoms with Crippen LogP contribution in [0, 0.1) is 19.8 Å². The van der Waals surface area contributed by atoms with E-state index >= 15 is 0 Å². The molecule has 30 heavy (non-hydrogen) atoms. The van der Waals surface area contributed by atoms with Gasteiger partial charge in [0.15, 0.2) is 5.78 Å². The number of aromatic nitrogens is 2. The van der Waals surface area contributed by atoms with E-state index in [0.717, 1.165) is 26.8 Å². The molecule has 0 fully saturated rings. The molecule has 0 bridgehead atoms. The van der Waals surface area contributed by atoms with Crippen molar-refractivity contribution in [3.8, 4) is 0 Å². The van der Waals surface area contributed by atoms with Gasteiger partial charge in [-0.05, 0) is 30.5 Å². The van der Waals surface area contributed by atoms with Crippen LogP contribution in [0.2, 0.25) is 0 Å². The van der Waals surface area contributed by atoms with E-state index in [1.807, 2.05) is 50.2 Å². The SMILES string of the molecule is Cc1ccc([C@@H]2c3c(n(C)c(=O)n(C)c3=O)N=C3c4ccccc4C(=O)[C@H]32)cc1C. The smallest absolute Gasteiger partial charge is 0.293 e.